The van der Waals surface area contributed by atoms with Crippen LogP contribution in [0.2, 0.25) is 0 Å². The molecule has 1 nitrogen and oxygen atoms in total. The Bertz CT molecular complexity index is 405. The Kier molecular flexibility index (Phi) is 2.47. The SMILES string of the molecule is Cc1ccc(-c2ncsc2Br)cc1. The summed E-state index contributed by atoms with van der Waals surface area (Å²) >= 11 is 5.09. The van der Waals surface area contributed by atoms with Crippen LogP contribution in [0.25, 0.3) is 11.3 Å². The third-order valence-electron chi connectivity index (χ3n) is 1.85. The number of benzene rings is 1. The summed E-state index contributed by atoms with van der Waals surface area (Å²) < 4.78 is 1.09. The molecule has 0 aliphatic carbocycles. The first kappa shape index (κ1) is 8.91. The summed E-state index contributed by atoms with van der Waals surface area (Å²) in [5.41, 5.74) is 5.32. The number of hydrogen-bond acceptors (Lipinski definition) is 2. The van der Waals surface area contributed by atoms with E-state index in [9.17, 15) is 0 Å². The van der Waals surface area contributed by atoms with Crippen LogP contribution in [0.1, 0.15) is 5.56 Å². The fourth-order valence-electron chi connectivity index (χ4n) is 1.13. The van der Waals surface area contributed by atoms with Gasteiger partial charge < -0.3 is 0 Å². The van der Waals surface area contributed by atoms with Crippen molar-refractivity contribution in [2.45, 2.75) is 6.92 Å². The highest BCUT2D eigenvalue weighted by Gasteiger charge is 2.04. The molecule has 0 radical (unpaired) electrons. The summed E-state index contributed by atoms with van der Waals surface area (Å²) in [4.78, 5) is 4.29. The van der Waals surface area contributed by atoms with Crippen molar-refractivity contribution in [3.05, 3.63) is 39.1 Å². The lowest BCUT2D eigenvalue weighted by atomic mass is 10.1. The zero-order chi connectivity index (χ0) is 9.26. The Morgan fingerprint density at radius 3 is 2.46 bits per heavy atom. The first-order valence-corrected chi connectivity index (χ1v) is 5.60. The Balaban J connectivity index is 2.47. The quantitative estimate of drug-likeness (QED) is 0.752. The van der Waals surface area contributed by atoms with Crippen LogP contribution in [0.15, 0.2) is 33.6 Å². The van der Waals surface area contributed by atoms with Crippen LogP contribution in [-0.4, -0.2) is 4.98 Å². The third kappa shape index (κ3) is 1.81. The maximum atomic E-state index is 4.29. The van der Waals surface area contributed by atoms with E-state index >= 15 is 0 Å². The maximum Gasteiger partial charge on any atom is 0.0976 e. The standard InChI is InChI=1S/C10H8BrNS/c1-7-2-4-8(5-3-7)9-10(11)13-6-12-9/h2-6H,1H3. The molecule has 0 spiro atoms. The monoisotopic (exact) mass is 253 g/mol. The van der Waals surface area contributed by atoms with E-state index in [1.165, 1.54) is 11.1 Å². The number of rotatable bonds is 1. The second kappa shape index (κ2) is 3.60. The molecule has 0 fully saturated rings. The largest absolute Gasteiger partial charge is 0.243 e. The zero-order valence-electron chi connectivity index (χ0n) is 7.12. The second-order valence-electron chi connectivity index (χ2n) is 2.84. The van der Waals surface area contributed by atoms with Crippen molar-refractivity contribution in [3.63, 3.8) is 0 Å². The molecule has 0 saturated carbocycles. The van der Waals surface area contributed by atoms with Crippen LogP contribution in [0.3, 0.4) is 0 Å². The van der Waals surface area contributed by atoms with Crippen LogP contribution >= 0.6 is 27.3 Å². The van der Waals surface area contributed by atoms with Gasteiger partial charge in [-0.05, 0) is 22.9 Å². The van der Waals surface area contributed by atoms with Gasteiger partial charge >= 0.3 is 0 Å². The van der Waals surface area contributed by atoms with Gasteiger partial charge in [0.2, 0.25) is 0 Å². The van der Waals surface area contributed by atoms with Crippen molar-refractivity contribution < 1.29 is 0 Å². The van der Waals surface area contributed by atoms with E-state index in [1.807, 2.05) is 5.51 Å². The van der Waals surface area contributed by atoms with Gasteiger partial charge in [-0.2, -0.15) is 0 Å². The molecule has 0 N–H and O–H groups in total. The van der Waals surface area contributed by atoms with E-state index in [0.717, 1.165) is 9.48 Å². The highest BCUT2D eigenvalue weighted by Crippen LogP contribution is 2.29. The lowest BCUT2D eigenvalue weighted by Gasteiger charge is -1.97. The van der Waals surface area contributed by atoms with Crippen molar-refractivity contribution in [1.29, 1.82) is 0 Å². The second-order valence-corrected chi connectivity index (χ2v) is 5.01. The molecule has 1 heterocycles. The molecule has 0 saturated heterocycles. The number of hydrogen-bond donors (Lipinski definition) is 0. The molecule has 0 atom stereocenters. The van der Waals surface area contributed by atoms with Gasteiger partial charge in [-0.25, -0.2) is 4.98 Å². The molecule has 0 aliphatic rings. The summed E-state index contributed by atoms with van der Waals surface area (Å²) in [6, 6.07) is 8.38. The van der Waals surface area contributed by atoms with E-state index in [0.29, 0.717) is 0 Å². The predicted octanol–water partition coefficient (Wildman–Crippen LogP) is 3.88. The first-order chi connectivity index (χ1) is 6.27. The summed E-state index contributed by atoms with van der Waals surface area (Å²) in [5.74, 6) is 0. The average Bonchev–Trinajstić information content (AvgIpc) is 2.53. The van der Waals surface area contributed by atoms with Gasteiger partial charge in [-0.1, -0.05) is 29.8 Å². The Morgan fingerprint density at radius 1 is 1.23 bits per heavy atom. The average molecular weight is 254 g/mol. The summed E-state index contributed by atoms with van der Waals surface area (Å²) in [6.07, 6.45) is 0. The third-order valence-corrected chi connectivity index (χ3v) is 3.40. The lowest BCUT2D eigenvalue weighted by molar-refractivity contribution is 1.39. The number of thiazole rings is 1. The van der Waals surface area contributed by atoms with Crippen LogP contribution in [0.5, 0.6) is 0 Å². The van der Waals surface area contributed by atoms with Crippen LogP contribution in [0, 0.1) is 6.92 Å². The Hall–Kier alpha value is -0.670. The molecule has 0 aliphatic heterocycles. The lowest BCUT2D eigenvalue weighted by Crippen LogP contribution is -1.78. The van der Waals surface area contributed by atoms with Gasteiger partial charge in [0.25, 0.3) is 0 Å². The molecule has 2 rings (SSSR count). The molecule has 1 aromatic heterocycles. The van der Waals surface area contributed by atoms with Gasteiger partial charge in [-0.15, -0.1) is 11.3 Å². The minimum atomic E-state index is 1.03. The minimum Gasteiger partial charge on any atom is -0.243 e. The fraction of sp³-hybridized carbons (Fsp3) is 0.100. The molecule has 66 valence electrons. The van der Waals surface area contributed by atoms with Gasteiger partial charge in [0.15, 0.2) is 0 Å². The van der Waals surface area contributed by atoms with Crippen molar-refractivity contribution in [2.24, 2.45) is 0 Å². The van der Waals surface area contributed by atoms with E-state index < -0.39 is 0 Å². The molecular weight excluding hydrogens is 246 g/mol. The summed E-state index contributed by atoms with van der Waals surface area (Å²) in [6.45, 7) is 2.08. The van der Waals surface area contributed by atoms with Crippen molar-refractivity contribution in [3.8, 4) is 11.3 Å². The normalized spacial score (nSPS) is 10.3. The van der Waals surface area contributed by atoms with Crippen molar-refractivity contribution in [1.82, 2.24) is 4.98 Å². The van der Waals surface area contributed by atoms with Gasteiger partial charge in [0, 0.05) is 5.56 Å². The van der Waals surface area contributed by atoms with Crippen LogP contribution in [0.4, 0.5) is 0 Å². The van der Waals surface area contributed by atoms with Crippen LogP contribution in [-0.2, 0) is 0 Å². The highest BCUT2D eigenvalue weighted by molar-refractivity contribution is 9.11. The van der Waals surface area contributed by atoms with E-state index in [1.54, 1.807) is 11.3 Å². The zero-order valence-corrected chi connectivity index (χ0v) is 9.52. The molecular formula is C10H8BrNS. The van der Waals surface area contributed by atoms with Gasteiger partial charge in [-0.3, -0.25) is 0 Å². The van der Waals surface area contributed by atoms with E-state index in [-0.39, 0.29) is 0 Å². The first-order valence-electron chi connectivity index (χ1n) is 3.93. The number of aryl methyl sites for hydroxylation is 1. The topological polar surface area (TPSA) is 12.9 Å². The van der Waals surface area contributed by atoms with Gasteiger partial charge in [0.05, 0.1) is 15.0 Å². The molecule has 0 amide bonds. The minimum absolute atomic E-state index is 1.03. The molecule has 1 aromatic carbocycles. The number of aromatic nitrogens is 1. The fourth-order valence-corrected chi connectivity index (χ4v) is 2.25. The highest BCUT2D eigenvalue weighted by atomic mass is 79.9. The Labute approximate surface area is 89.6 Å². The smallest absolute Gasteiger partial charge is 0.0976 e. The van der Waals surface area contributed by atoms with Crippen molar-refractivity contribution in [2.75, 3.05) is 0 Å². The molecule has 0 bridgehead atoms. The summed E-state index contributed by atoms with van der Waals surface area (Å²) in [7, 11) is 0. The Morgan fingerprint density at radius 2 is 1.92 bits per heavy atom. The molecule has 3 heteroatoms. The van der Waals surface area contributed by atoms with Gasteiger partial charge in [0.1, 0.15) is 0 Å². The molecule has 0 unspecified atom stereocenters. The molecule has 2 aromatic rings. The molecule has 13 heavy (non-hydrogen) atoms. The predicted molar refractivity (Wildman–Crippen MR) is 60.0 cm³/mol. The van der Waals surface area contributed by atoms with Crippen molar-refractivity contribution >= 4 is 27.3 Å². The number of halogens is 1. The van der Waals surface area contributed by atoms with E-state index in [4.69, 9.17) is 0 Å². The van der Waals surface area contributed by atoms with E-state index in [2.05, 4.69) is 52.1 Å². The maximum absolute atomic E-state index is 4.29. The van der Waals surface area contributed by atoms with Crippen LogP contribution < -0.4 is 0 Å². The summed E-state index contributed by atoms with van der Waals surface area (Å²) in [5, 5.41) is 0. The number of nitrogens with zero attached hydrogens (tertiary/aromatic N) is 1.